The van der Waals surface area contributed by atoms with E-state index in [9.17, 15) is 29.2 Å². The van der Waals surface area contributed by atoms with E-state index in [-0.39, 0.29) is 12.4 Å². The van der Waals surface area contributed by atoms with Gasteiger partial charge in [-0.3, -0.25) is 23.7 Å². The van der Waals surface area contributed by atoms with E-state index in [2.05, 4.69) is 11.0 Å². The molecule has 0 spiro atoms. The molecule has 3 aromatic carbocycles. The van der Waals surface area contributed by atoms with Crippen molar-refractivity contribution in [2.75, 3.05) is 6.61 Å². The lowest BCUT2D eigenvalue weighted by atomic mass is 9.95. The number of nitrogens with one attached hydrogen (secondary N) is 2. The lowest BCUT2D eigenvalue weighted by molar-refractivity contribution is -0.146. The largest absolute Gasteiger partial charge is 0.460 e. The van der Waals surface area contributed by atoms with Crippen LogP contribution in [0.1, 0.15) is 18.7 Å². The summed E-state index contributed by atoms with van der Waals surface area (Å²) in [6.07, 6.45) is -3.94. The van der Waals surface area contributed by atoms with Gasteiger partial charge in [0.05, 0.1) is 6.61 Å². The number of fused-ring (bicyclic) bond motifs is 1. The normalized spacial score (nSPS) is 22.7. The van der Waals surface area contributed by atoms with E-state index in [4.69, 9.17) is 30.1 Å². The van der Waals surface area contributed by atoms with E-state index in [0.717, 1.165) is 27.8 Å². The van der Waals surface area contributed by atoms with Crippen LogP contribution < -0.4 is 20.9 Å². The van der Waals surface area contributed by atoms with Crippen molar-refractivity contribution in [1.29, 1.82) is 0 Å². The number of aromatic nitrogens is 2. The molecule has 1 fully saturated rings. The highest BCUT2D eigenvalue weighted by Crippen LogP contribution is 2.48. The molecule has 13 nitrogen and oxygen atoms in total. The highest BCUT2D eigenvalue weighted by atomic mass is 35.5. The van der Waals surface area contributed by atoms with Gasteiger partial charge < -0.3 is 24.2 Å². The van der Waals surface area contributed by atoms with Gasteiger partial charge in [0, 0.05) is 23.0 Å². The maximum absolute atomic E-state index is 14.3. The van der Waals surface area contributed by atoms with Crippen LogP contribution in [0.4, 0.5) is 0 Å². The molecule has 0 radical (unpaired) electrons. The lowest BCUT2D eigenvalue weighted by Crippen LogP contribution is -2.48. The third kappa shape index (κ3) is 7.25. The van der Waals surface area contributed by atoms with Crippen molar-refractivity contribution in [3.63, 3.8) is 0 Å². The Balaban J connectivity index is 1.40. The minimum absolute atomic E-state index is 0.0329. The predicted molar refractivity (Wildman–Crippen MR) is 167 cm³/mol. The first-order valence-corrected chi connectivity index (χ1v) is 15.9. The number of carbonyl (C=O) groups excluding carboxylic acids is 1. The van der Waals surface area contributed by atoms with Crippen LogP contribution in [0.3, 0.4) is 0 Å². The molecule has 1 aromatic heterocycles. The van der Waals surface area contributed by atoms with Gasteiger partial charge >= 0.3 is 19.4 Å². The van der Waals surface area contributed by atoms with E-state index < -0.39 is 61.7 Å². The highest BCUT2D eigenvalue weighted by Gasteiger charge is 2.56. The summed E-state index contributed by atoms with van der Waals surface area (Å²) in [5.74, 6) is 1.64. The summed E-state index contributed by atoms with van der Waals surface area (Å²) in [4.78, 5) is 39.0. The molecule has 1 aliphatic rings. The van der Waals surface area contributed by atoms with E-state index in [1.165, 1.54) is 6.92 Å². The number of carbonyl (C=O) groups is 1. The summed E-state index contributed by atoms with van der Waals surface area (Å²) in [6.45, 7) is 0.682. The number of halogens is 1. The van der Waals surface area contributed by atoms with Crippen LogP contribution in [0, 0.1) is 11.3 Å². The molecule has 0 amide bonds. The third-order valence-electron chi connectivity index (χ3n) is 7.14. The molecule has 46 heavy (non-hydrogen) atoms. The van der Waals surface area contributed by atoms with E-state index in [0.29, 0.717) is 5.39 Å². The Bertz CT molecular complexity index is 1940. The van der Waals surface area contributed by atoms with Crippen molar-refractivity contribution in [3.05, 3.63) is 111 Å². The number of aromatic amines is 1. The van der Waals surface area contributed by atoms with Gasteiger partial charge in [0.15, 0.2) is 6.23 Å². The standard InChI is InChI=1S/C31H29ClN3O10P/c1-20(28(38)42-18-21-8-3-2-4-9-21)34-46(41,45-24-13-7-11-22-10-5-6-12-23(22)24)43-19-25-27(37)31(40,15-16-32)29(44-25)35-17-14-26(36)33-30(35)39/h2-14,17,20,25,27,29,37,40H,18-19H2,1H3,(H,34,41)(H,33,36,39)/t20-,25+,27+,29+,31+,46?/m0/s1. The van der Waals surface area contributed by atoms with Gasteiger partial charge in [-0.2, -0.15) is 5.09 Å². The number of benzene rings is 3. The average molecular weight is 670 g/mol. The smallest absolute Gasteiger partial charge is 0.459 e. The first-order valence-electron chi connectivity index (χ1n) is 13.9. The van der Waals surface area contributed by atoms with Crippen LogP contribution in [-0.2, 0) is 30.0 Å². The fourth-order valence-electron chi connectivity index (χ4n) is 4.81. The Morgan fingerprint density at radius 3 is 2.59 bits per heavy atom. The molecule has 1 aliphatic heterocycles. The molecule has 4 N–H and O–H groups in total. The summed E-state index contributed by atoms with van der Waals surface area (Å²) < 4.78 is 37.9. The predicted octanol–water partition coefficient (Wildman–Crippen LogP) is 2.80. The summed E-state index contributed by atoms with van der Waals surface area (Å²) in [5, 5.41) is 28.3. The van der Waals surface area contributed by atoms with Crippen LogP contribution in [-0.4, -0.2) is 56.2 Å². The zero-order valence-electron chi connectivity index (χ0n) is 24.2. The molecule has 1 saturated heterocycles. The second-order valence-electron chi connectivity index (χ2n) is 10.3. The molecular weight excluding hydrogens is 641 g/mol. The second-order valence-corrected chi connectivity index (χ2v) is 12.2. The maximum Gasteiger partial charge on any atom is 0.459 e. The average Bonchev–Trinajstić information content (AvgIpc) is 3.28. The van der Waals surface area contributed by atoms with Crippen molar-refractivity contribution in [3.8, 4) is 17.0 Å². The van der Waals surface area contributed by atoms with E-state index >= 15 is 0 Å². The molecule has 2 heterocycles. The molecule has 0 aliphatic carbocycles. The van der Waals surface area contributed by atoms with Gasteiger partial charge in [0.2, 0.25) is 5.60 Å². The molecule has 0 bridgehead atoms. The van der Waals surface area contributed by atoms with Crippen LogP contribution >= 0.6 is 19.3 Å². The van der Waals surface area contributed by atoms with Gasteiger partial charge in [-0.25, -0.2) is 9.36 Å². The molecule has 240 valence electrons. The van der Waals surface area contributed by atoms with Crippen LogP contribution in [0.5, 0.6) is 5.75 Å². The molecule has 5 rings (SSSR count). The lowest BCUT2D eigenvalue weighted by Gasteiger charge is -2.26. The van der Waals surface area contributed by atoms with Gasteiger partial charge in [-0.05, 0) is 41.5 Å². The number of esters is 1. The van der Waals surface area contributed by atoms with Crippen LogP contribution in [0.2, 0.25) is 0 Å². The first kappa shape index (κ1) is 33.1. The Morgan fingerprint density at radius 2 is 1.85 bits per heavy atom. The fraction of sp³-hybridized carbons (Fsp3) is 0.258. The monoisotopic (exact) mass is 669 g/mol. The third-order valence-corrected chi connectivity index (χ3v) is 8.86. The van der Waals surface area contributed by atoms with Gasteiger partial charge in [-0.15, -0.1) is 0 Å². The number of aliphatic hydroxyl groups is 2. The van der Waals surface area contributed by atoms with Crippen molar-refractivity contribution >= 4 is 36.1 Å². The molecular formula is C31H29ClN3O10P. The number of ether oxygens (including phenoxy) is 2. The molecule has 0 saturated carbocycles. The minimum Gasteiger partial charge on any atom is -0.460 e. The van der Waals surface area contributed by atoms with E-state index in [1.54, 1.807) is 48.5 Å². The Hall–Kier alpha value is -4.25. The summed E-state index contributed by atoms with van der Waals surface area (Å²) >= 11 is 5.56. The fourth-order valence-corrected chi connectivity index (χ4v) is 6.49. The van der Waals surface area contributed by atoms with Gasteiger partial charge in [0.25, 0.3) is 5.56 Å². The number of rotatable bonds is 11. The number of aliphatic hydroxyl groups excluding tert-OH is 1. The van der Waals surface area contributed by atoms with Gasteiger partial charge in [0.1, 0.15) is 30.6 Å². The number of hydrogen-bond donors (Lipinski definition) is 4. The number of H-pyrrole nitrogens is 1. The quantitative estimate of drug-likeness (QED) is 0.105. The van der Waals surface area contributed by atoms with Crippen molar-refractivity contribution < 1.29 is 38.1 Å². The zero-order valence-corrected chi connectivity index (χ0v) is 25.9. The second kappa shape index (κ2) is 14.0. The highest BCUT2D eigenvalue weighted by molar-refractivity contribution is 7.52. The molecule has 1 unspecified atom stereocenters. The number of hydrogen-bond acceptors (Lipinski definition) is 10. The summed E-state index contributed by atoms with van der Waals surface area (Å²) in [6, 6.07) is 21.0. The van der Waals surface area contributed by atoms with Gasteiger partial charge in [-0.1, -0.05) is 66.7 Å². The topological polar surface area (TPSA) is 178 Å². The Morgan fingerprint density at radius 1 is 1.13 bits per heavy atom. The minimum atomic E-state index is -4.50. The first-order chi connectivity index (χ1) is 22.0. The van der Waals surface area contributed by atoms with E-state index in [1.807, 2.05) is 34.6 Å². The molecule has 6 atom stereocenters. The van der Waals surface area contributed by atoms with Crippen molar-refractivity contribution in [2.24, 2.45) is 0 Å². The summed E-state index contributed by atoms with van der Waals surface area (Å²) in [5.41, 5.74) is -3.39. The zero-order chi connectivity index (χ0) is 32.9. The van der Waals surface area contributed by atoms with Crippen LogP contribution in [0.25, 0.3) is 10.8 Å². The van der Waals surface area contributed by atoms with Crippen LogP contribution in [0.15, 0.2) is 94.6 Å². The Kier molecular flexibility index (Phi) is 10.1. The number of nitrogens with zero attached hydrogens (tertiary/aromatic N) is 1. The molecule has 15 heteroatoms. The summed E-state index contributed by atoms with van der Waals surface area (Å²) in [7, 11) is -4.50. The SMILES string of the molecule is C[C@H](NP(=O)(OC[C@H]1O[C@@H](n2ccc(=O)[nH]c2=O)[C@@](O)(C#CCl)[C@@H]1O)Oc1cccc2ccccc12)C(=O)OCc1ccccc1. The molecule has 4 aromatic rings. The maximum atomic E-state index is 14.3. The van der Waals surface area contributed by atoms with Crippen molar-refractivity contribution in [1.82, 2.24) is 14.6 Å². The Labute approximate surface area is 267 Å². The van der Waals surface area contributed by atoms with Crippen molar-refractivity contribution in [2.45, 2.75) is 43.6 Å².